The fraction of sp³-hybridized carbons (Fsp3) is 0.250. The van der Waals surface area contributed by atoms with Crippen LogP contribution in [0.15, 0.2) is 66.9 Å². The van der Waals surface area contributed by atoms with E-state index in [1.54, 1.807) is 36.2 Å². The minimum atomic E-state index is -0.466. The summed E-state index contributed by atoms with van der Waals surface area (Å²) in [7, 11) is 0. The van der Waals surface area contributed by atoms with Gasteiger partial charge in [0.2, 0.25) is 0 Å². The summed E-state index contributed by atoms with van der Waals surface area (Å²) < 4.78 is 29.4. The van der Waals surface area contributed by atoms with Crippen molar-refractivity contribution in [2.75, 3.05) is 24.5 Å². The first kappa shape index (κ1) is 21.6. The van der Waals surface area contributed by atoms with Crippen LogP contribution in [0.4, 0.5) is 14.6 Å². The van der Waals surface area contributed by atoms with Gasteiger partial charge in [0, 0.05) is 25.6 Å². The molecule has 3 heterocycles. The smallest absolute Gasteiger partial charge is 0.257 e. The molecule has 7 heteroatoms. The lowest BCUT2D eigenvalue weighted by molar-refractivity contribution is 0.0587. The molecule has 0 aliphatic carbocycles. The van der Waals surface area contributed by atoms with E-state index < -0.39 is 11.6 Å². The van der Waals surface area contributed by atoms with Crippen molar-refractivity contribution in [3.8, 4) is 11.1 Å². The summed E-state index contributed by atoms with van der Waals surface area (Å²) in [4.78, 5) is 26.5. The van der Waals surface area contributed by atoms with E-state index in [0.29, 0.717) is 41.5 Å². The highest BCUT2D eigenvalue weighted by Gasteiger charge is 2.45. The predicted molar refractivity (Wildman–Crippen MR) is 131 cm³/mol. The molecule has 0 radical (unpaired) electrons. The molecule has 2 atom stereocenters. The van der Waals surface area contributed by atoms with Crippen molar-refractivity contribution < 1.29 is 13.6 Å². The highest BCUT2D eigenvalue weighted by Crippen LogP contribution is 2.37. The van der Waals surface area contributed by atoms with Crippen molar-refractivity contribution in [1.29, 1.82) is 0 Å². The number of nitrogens with zero attached hydrogens (tertiary/aromatic N) is 4. The van der Waals surface area contributed by atoms with Gasteiger partial charge in [0.05, 0.1) is 23.3 Å². The lowest BCUT2D eigenvalue weighted by Crippen LogP contribution is -2.65. The number of anilines is 1. The van der Waals surface area contributed by atoms with E-state index in [4.69, 9.17) is 0 Å². The number of benzene rings is 3. The van der Waals surface area contributed by atoms with Gasteiger partial charge in [0.1, 0.15) is 17.2 Å². The lowest BCUT2D eigenvalue weighted by Gasteiger charge is -2.54. The Morgan fingerprint density at radius 2 is 1.83 bits per heavy atom. The second-order valence-corrected chi connectivity index (χ2v) is 9.34. The number of fused-ring (bicyclic) bond motifs is 2. The first-order valence-electron chi connectivity index (χ1n) is 11.8. The van der Waals surface area contributed by atoms with Gasteiger partial charge >= 0.3 is 0 Å². The largest absolute Gasteiger partial charge is 0.350 e. The van der Waals surface area contributed by atoms with E-state index in [2.05, 4.69) is 14.9 Å². The maximum Gasteiger partial charge on any atom is 0.257 e. The van der Waals surface area contributed by atoms with Crippen molar-refractivity contribution in [1.82, 2.24) is 14.9 Å². The molecule has 2 aliphatic heterocycles. The fourth-order valence-corrected chi connectivity index (χ4v) is 5.28. The number of piperidine rings is 1. The number of carbonyl (C=O) groups is 1. The molecule has 0 unspecified atom stereocenters. The average Bonchev–Trinajstić information content (AvgIpc) is 2.86. The molecule has 0 spiro atoms. The van der Waals surface area contributed by atoms with Gasteiger partial charge in [-0.2, -0.15) is 0 Å². The Morgan fingerprint density at radius 3 is 2.66 bits per heavy atom. The summed E-state index contributed by atoms with van der Waals surface area (Å²) in [6, 6.07) is 17.8. The number of hydrogen-bond donors (Lipinski definition) is 0. The highest BCUT2D eigenvalue weighted by atomic mass is 19.1. The van der Waals surface area contributed by atoms with Crippen LogP contribution in [0.3, 0.4) is 0 Å². The van der Waals surface area contributed by atoms with Crippen LogP contribution < -0.4 is 4.90 Å². The molecule has 0 N–H and O–H groups in total. The maximum atomic E-state index is 15.4. The number of halogens is 2. The summed E-state index contributed by atoms with van der Waals surface area (Å²) in [6.07, 6.45) is 2.44. The summed E-state index contributed by atoms with van der Waals surface area (Å²) in [5, 5.41) is 0. The zero-order chi connectivity index (χ0) is 24.1. The Labute approximate surface area is 202 Å². The maximum absolute atomic E-state index is 15.4. The molecule has 2 aliphatic rings. The molecule has 0 bridgehead atoms. The molecule has 176 valence electrons. The van der Waals surface area contributed by atoms with Gasteiger partial charge < -0.3 is 9.80 Å². The molecule has 6 rings (SSSR count). The van der Waals surface area contributed by atoms with Gasteiger partial charge in [-0.05, 0) is 42.2 Å². The van der Waals surface area contributed by atoms with Crippen LogP contribution in [-0.2, 0) is 0 Å². The van der Waals surface area contributed by atoms with Gasteiger partial charge in [-0.3, -0.25) is 4.79 Å². The van der Waals surface area contributed by atoms with Gasteiger partial charge in [-0.1, -0.05) is 48.5 Å². The van der Waals surface area contributed by atoms with E-state index in [1.807, 2.05) is 36.4 Å². The molecule has 0 saturated carbocycles. The van der Waals surface area contributed by atoms with E-state index in [9.17, 15) is 9.18 Å². The molecule has 2 fully saturated rings. The van der Waals surface area contributed by atoms with Crippen LogP contribution >= 0.6 is 0 Å². The molecule has 1 amide bonds. The van der Waals surface area contributed by atoms with Crippen molar-refractivity contribution >= 4 is 22.8 Å². The number of amides is 1. The van der Waals surface area contributed by atoms with Crippen molar-refractivity contribution in [3.05, 3.63) is 89.6 Å². The number of aryl methyl sites for hydroxylation is 1. The second kappa shape index (κ2) is 8.41. The number of carbonyl (C=O) groups excluding carboxylic acids is 1. The molecule has 4 aromatic rings. The van der Waals surface area contributed by atoms with Crippen LogP contribution in [0.5, 0.6) is 0 Å². The third-order valence-electron chi connectivity index (χ3n) is 7.28. The third kappa shape index (κ3) is 3.62. The Hall–Kier alpha value is -3.87. The van der Waals surface area contributed by atoms with Gasteiger partial charge in [-0.15, -0.1) is 0 Å². The fourth-order valence-electron chi connectivity index (χ4n) is 5.28. The van der Waals surface area contributed by atoms with Crippen molar-refractivity contribution in [2.24, 2.45) is 5.92 Å². The zero-order valence-corrected chi connectivity index (χ0v) is 19.3. The summed E-state index contributed by atoms with van der Waals surface area (Å²) in [5.74, 6) is -0.0503. The zero-order valence-electron chi connectivity index (χ0n) is 19.3. The van der Waals surface area contributed by atoms with E-state index in [-0.39, 0.29) is 23.0 Å². The minimum absolute atomic E-state index is 0.0704. The number of aromatic nitrogens is 2. The van der Waals surface area contributed by atoms with Crippen LogP contribution in [0.1, 0.15) is 22.3 Å². The van der Waals surface area contributed by atoms with Crippen LogP contribution in [0, 0.1) is 24.5 Å². The van der Waals surface area contributed by atoms with Gasteiger partial charge in [0.15, 0.2) is 5.82 Å². The third-order valence-corrected chi connectivity index (χ3v) is 7.28. The Balaban J connectivity index is 1.29. The summed E-state index contributed by atoms with van der Waals surface area (Å²) in [6.45, 7) is 3.57. The number of para-hydroxylation sites is 1. The van der Waals surface area contributed by atoms with Crippen LogP contribution in [-0.4, -0.2) is 46.5 Å². The quantitative estimate of drug-likeness (QED) is 0.411. The minimum Gasteiger partial charge on any atom is -0.350 e. The second-order valence-electron chi connectivity index (χ2n) is 9.34. The van der Waals surface area contributed by atoms with E-state index in [0.717, 1.165) is 18.5 Å². The lowest BCUT2D eigenvalue weighted by atomic mass is 9.82. The van der Waals surface area contributed by atoms with Crippen LogP contribution in [0.25, 0.3) is 22.2 Å². The van der Waals surface area contributed by atoms with E-state index >= 15 is 4.39 Å². The molecule has 5 nitrogen and oxygen atoms in total. The molecule has 3 aromatic carbocycles. The number of likely N-dealkylation sites (tertiary alicyclic amines) is 1. The van der Waals surface area contributed by atoms with Gasteiger partial charge in [-0.25, -0.2) is 18.7 Å². The molecule has 35 heavy (non-hydrogen) atoms. The Kier molecular flexibility index (Phi) is 5.20. The van der Waals surface area contributed by atoms with Crippen molar-refractivity contribution in [3.63, 3.8) is 0 Å². The van der Waals surface area contributed by atoms with Crippen molar-refractivity contribution in [2.45, 2.75) is 19.4 Å². The Bertz CT molecular complexity index is 1440. The topological polar surface area (TPSA) is 49.3 Å². The number of hydrogen-bond acceptors (Lipinski definition) is 4. The predicted octanol–water partition coefficient (Wildman–Crippen LogP) is 5.23. The van der Waals surface area contributed by atoms with E-state index in [1.165, 1.54) is 6.07 Å². The number of rotatable bonds is 3. The van der Waals surface area contributed by atoms with Gasteiger partial charge in [0.25, 0.3) is 5.91 Å². The monoisotopic (exact) mass is 470 g/mol. The molecule has 1 aromatic heterocycles. The summed E-state index contributed by atoms with van der Waals surface area (Å²) >= 11 is 0. The highest BCUT2D eigenvalue weighted by molar-refractivity contribution is 6.01. The molecule has 2 saturated heterocycles. The first-order valence-corrected chi connectivity index (χ1v) is 11.8. The SMILES string of the molecule is Cc1ccc(-c2ccccc2)c(C(=O)N2CC[C@H]3CN(c4cnc5c(F)cccc5n4)[C@H]3C2)c1F. The van der Waals surface area contributed by atoms with Crippen LogP contribution in [0.2, 0.25) is 0 Å². The summed E-state index contributed by atoms with van der Waals surface area (Å²) in [5.41, 5.74) is 2.75. The Morgan fingerprint density at radius 1 is 1.00 bits per heavy atom. The average molecular weight is 471 g/mol. The molecular weight excluding hydrogens is 446 g/mol. The standard InChI is InChI=1S/C28H24F2N4O/c1-17-10-11-20(18-6-3-2-4-7-18)25(26(17)30)28(35)33-13-12-19-15-34(23(19)16-33)24-14-31-27-21(29)8-5-9-22(27)32-24/h2-11,14,19,23H,12-13,15-16H2,1H3/t19-,23-/m0/s1. The first-order chi connectivity index (χ1) is 17.0. The normalized spacial score (nSPS) is 19.4. The molecular formula is C28H24F2N4O.